The zero-order valence-corrected chi connectivity index (χ0v) is 21.9. The third-order valence-electron chi connectivity index (χ3n) is 6.87. The number of rotatable bonds is 7. The molecule has 4 rings (SSSR count). The topological polar surface area (TPSA) is 68.2 Å². The molecule has 1 unspecified atom stereocenters. The van der Waals surface area contributed by atoms with E-state index in [9.17, 15) is 10.2 Å². The van der Waals surface area contributed by atoms with E-state index >= 15 is 0 Å². The Bertz CT molecular complexity index is 945. The van der Waals surface area contributed by atoms with Gasteiger partial charge in [-0.1, -0.05) is 93.6 Å². The van der Waals surface area contributed by atoms with Gasteiger partial charge in [0.15, 0.2) is 5.79 Å². The monoisotopic (exact) mass is 482 g/mol. The Hall–Kier alpha value is -1.80. The Labute approximate surface area is 204 Å². The quantitative estimate of drug-likeness (QED) is 0.467. The van der Waals surface area contributed by atoms with Crippen molar-refractivity contribution in [2.24, 2.45) is 0 Å². The van der Waals surface area contributed by atoms with Gasteiger partial charge in [-0.2, -0.15) is 0 Å². The summed E-state index contributed by atoms with van der Waals surface area (Å²) in [6.07, 6.45) is 2.95. The molecule has 0 aromatic heterocycles. The van der Waals surface area contributed by atoms with E-state index in [0.29, 0.717) is 6.42 Å². The van der Waals surface area contributed by atoms with E-state index in [1.54, 1.807) is 6.08 Å². The Morgan fingerprint density at radius 3 is 2.09 bits per heavy atom. The highest BCUT2D eigenvalue weighted by molar-refractivity contribution is 6.99. The molecule has 0 bridgehead atoms. The Morgan fingerprint density at radius 2 is 1.56 bits per heavy atom. The van der Waals surface area contributed by atoms with Crippen molar-refractivity contribution in [1.82, 2.24) is 0 Å². The van der Waals surface area contributed by atoms with Gasteiger partial charge >= 0.3 is 0 Å². The van der Waals surface area contributed by atoms with E-state index in [1.807, 2.05) is 56.3 Å². The van der Waals surface area contributed by atoms with Crippen LogP contribution >= 0.6 is 0 Å². The standard InChI is InChI=1S/C28H38O5Si/c1-26(2,3)34(22-12-8-6-9-13-22,23-14-10-7-11-15-23)31-20-21(29)18-28(30)17-16-24-25(19-28)33-27(4,5)32-24/h6-17,21,24-25,29-30H,18-20H2,1-5H3/t21?,24-,25+,28-/m0/s1. The highest BCUT2D eigenvalue weighted by Crippen LogP contribution is 2.40. The average Bonchev–Trinajstić information content (AvgIpc) is 3.07. The van der Waals surface area contributed by atoms with E-state index in [4.69, 9.17) is 13.9 Å². The Morgan fingerprint density at radius 1 is 1.00 bits per heavy atom. The maximum atomic E-state index is 11.3. The molecule has 184 valence electrons. The van der Waals surface area contributed by atoms with Gasteiger partial charge in [-0.05, 0) is 29.3 Å². The predicted molar refractivity (Wildman–Crippen MR) is 137 cm³/mol. The molecule has 1 heterocycles. The predicted octanol–water partition coefficient (Wildman–Crippen LogP) is 3.53. The van der Waals surface area contributed by atoms with E-state index in [1.165, 1.54) is 10.4 Å². The molecule has 2 aromatic rings. The van der Waals surface area contributed by atoms with E-state index < -0.39 is 25.8 Å². The number of fused-ring (bicyclic) bond motifs is 1. The molecule has 2 N–H and O–H groups in total. The molecule has 34 heavy (non-hydrogen) atoms. The van der Waals surface area contributed by atoms with E-state index in [2.05, 4.69) is 45.0 Å². The molecule has 0 saturated carbocycles. The largest absolute Gasteiger partial charge is 0.405 e. The maximum absolute atomic E-state index is 11.3. The van der Waals surface area contributed by atoms with Crippen LogP contribution in [0.1, 0.15) is 47.5 Å². The van der Waals surface area contributed by atoms with Crippen LogP contribution in [0.15, 0.2) is 72.8 Å². The van der Waals surface area contributed by atoms with Gasteiger partial charge in [0.25, 0.3) is 8.32 Å². The lowest BCUT2D eigenvalue weighted by atomic mass is 9.83. The first kappa shape index (κ1) is 25.3. The summed E-state index contributed by atoms with van der Waals surface area (Å²) in [7, 11) is -2.75. The van der Waals surface area contributed by atoms with Gasteiger partial charge in [-0.3, -0.25) is 0 Å². The van der Waals surface area contributed by atoms with Crippen LogP contribution in [0.2, 0.25) is 5.04 Å². The number of aliphatic hydroxyl groups is 2. The zero-order chi connectivity index (χ0) is 24.6. The summed E-state index contributed by atoms with van der Waals surface area (Å²) in [5.41, 5.74) is -1.17. The van der Waals surface area contributed by atoms with E-state index in [-0.39, 0.29) is 30.3 Å². The van der Waals surface area contributed by atoms with Crippen molar-refractivity contribution >= 4 is 18.7 Å². The summed E-state index contributed by atoms with van der Waals surface area (Å²) in [5.74, 6) is -0.671. The van der Waals surface area contributed by atoms with Gasteiger partial charge in [0.05, 0.1) is 24.4 Å². The third-order valence-corrected chi connectivity index (χ3v) is 11.9. The Kier molecular flexibility index (Phi) is 6.95. The first-order valence-corrected chi connectivity index (χ1v) is 14.1. The lowest BCUT2D eigenvalue weighted by Crippen LogP contribution is -2.67. The van der Waals surface area contributed by atoms with Crippen molar-refractivity contribution < 1.29 is 24.1 Å². The fourth-order valence-electron chi connectivity index (χ4n) is 5.48. The molecule has 0 radical (unpaired) electrons. The molecule has 0 amide bonds. The van der Waals surface area contributed by atoms with Crippen molar-refractivity contribution in [2.45, 2.75) is 82.2 Å². The molecular weight excluding hydrogens is 444 g/mol. The molecule has 0 spiro atoms. The first-order valence-electron chi connectivity index (χ1n) is 12.1. The van der Waals surface area contributed by atoms with Gasteiger partial charge < -0.3 is 24.1 Å². The molecule has 1 aliphatic carbocycles. The molecule has 2 aromatic carbocycles. The van der Waals surface area contributed by atoms with Crippen molar-refractivity contribution in [1.29, 1.82) is 0 Å². The average molecular weight is 483 g/mol. The van der Waals surface area contributed by atoms with Crippen LogP contribution < -0.4 is 10.4 Å². The summed E-state index contributed by atoms with van der Waals surface area (Å²) in [4.78, 5) is 0. The summed E-state index contributed by atoms with van der Waals surface area (Å²) in [6, 6.07) is 20.7. The second kappa shape index (κ2) is 9.34. The molecule has 6 heteroatoms. The fourth-order valence-corrected chi connectivity index (χ4v) is 10.1. The van der Waals surface area contributed by atoms with Gasteiger partial charge in [0.2, 0.25) is 0 Å². The number of benzene rings is 2. The first-order chi connectivity index (χ1) is 15.9. The van der Waals surface area contributed by atoms with Crippen LogP contribution in [0.3, 0.4) is 0 Å². The minimum atomic E-state index is -2.75. The minimum absolute atomic E-state index is 0.139. The van der Waals surface area contributed by atoms with Gasteiger partial charge in [0.1, 0.15) is 6.10 Å². The molecule has 1 fully saturated rings. The molecule has 2 aliphatic rings. The normalized spacial score (nSPS) is 27.4. The van der Waals surface area contributed by atoms with Crippen molar-refractivity contribution in [3.63, 3.8) is 0 Å². The number of aliphatic hydroxyl groups excluding tert-OH is 1. The van der Waals surface area contributed by atoms with Crippen molar-refractivity contribution in [3.8, 4) is 0 Å². The van der Waals surface area contributed by atoms with Crippen LogP contribution in [0.5, 0.6) is 0 Å². The highest BCUT2D eigenvalue weighted by Gasteiger charge is 2.51. The fraction of sp³-hybridized carbons (Fsp3) is 0.500. The molecular formula is C28H38O5Si. The molecule has 1 saturated heterocycles. The van der Waals surface area contributed by atoms with Crippen LogP contribution in [-0.4, -0.2) is 54.8 Å². The van der Waals surface area contributed by atoms with Crippen LogP contribution in [0.4, 0.5) is 0 Å². The zero-order valence-electron chi connectivity index (χ0n) is 20.9. The molecule has 4 atom stereocenters. The maximum Gasteiger partial charge on any atom is 0.261 e. The highest BCUT2D eigenvalue weighted by atomic mass is 28.4. The molecule has 1 aliphatic heterocycles. The lowest BCUT2D eigenvalue weighted by Gasteiger charge is -2.43. The van der Waals surface area contributed by atoms with Crippen LogP contribution in [-0.2, 0) is 13.9 Å². The smallest absolute Gasteiger partial charge is 0.261 e. The van der Waals surface area contributed by atoms with Crippen molar-refractivity contribution in [2.75, 3.05) is 6.61 Å². The minimum Gasteiger partial charge on any atom is -0.405 e. The van der Waals surface area contributed by atoms with Crippen LogP contribution in [0, 0.1) is 0 Å². The third kappa shape index (κ3) is 5.08. The summed E-state index contributed by atoms with van der Waals surface area (Å²) in [6.45, 7) is 10.5. The summed E-state index contributed by atoms with van der Waals surface area (Å²) >= 11 is 0. The van der Waals surface area contributed by atoms with Crippen molar-refractivity contribution in [3.05, 3.63) is 72.8 Å². The Balaban J connectivity index is 1.55. The second-order valence-corrected chi connectivity index (χ2v) is 15.4. The number of hydrogen-bond donors (Lipinski definition) is 2. The number of hydrogen-bond acceptors (Lipinski definition) is 5. The van der Waals surface area contributed by atoms with E-state index in [0.717, 1.165) is 0 Å². The summed E-state index contributed by atoms with van der Waals surface area (Å²) in [5, 5.41) is 24.5. The van der Waals surface area contributed by atoms with Gasteiger partial charge in [0, 0.05) is 12.8 Å². The summed E-state index contributed by atoms with van der Waals surface area (Å²) < 4.78 is 18.7. The molecule has 5 nitrogen and oxygen atoms in total. The van der Waals surface area contributed by atoms with Gasteiger partial charge in [-0.15, -0.1) is 0 Å². The van der Waals surface area contributed by atoms with Crippen LogP contribution in [0.25, 0.3) is 0 Å². The van der Waals surface area contributed by atoms with Gasteiger partial charge in [-0.25, -0.2) is 0 Å². The number of ether oxygens (including phenoxy) is 2. The second-order valence-electron chi connectivity index (χ2n) is 11.1. The lowest BCUT2D eigenvalue weighted by molar-refractivity contribution is -0.146. The SMILES string of the molecule is CC1(C)O[C@H]2C=C[C@](O)(CC(O)CO[Si](c3ccccc3)(c3ccccc3)C(C)(C)C)C[C@H]2O1.